The van der Waals surface area contributed by atoms with Gasteiger partial charge in [0.2, 0.25) is 0 Å². The number of thioether (sulfide) groups is 1. The first-order valence-electron chi connectivity index (χ1n) is 12.3. The maximum Gasteiger partial charge on any atom is 0.265 e. The number of fused-ring (bicyclic) bond motifs is 1. The van der Waals surface area contributed by atoms with Gasteiger partial charge in [0, 0.05) is 17.0 Å². The van der Waals surface area contributed by atoms with Gasteiger partial charge in [-0.05, 0) is 66.4 Å². The molecule has 37 heavy (non-hydrogen) atoms. The molecule has 1 aliphatic rings. The maximum atomic E-state index is 13.7. The Morgan fingerprint density at radius 3 is 2.41 bits per heavy atom. The van der Waals surface area contributed by atoms with Crippen LogP contribution in [-0.4, -0.2) is 11.8 Å². The SMILES string of the molecule is Cc1ccc(C)c(CN2C(=O)/C(=C/c3ccc(C(=O)NCc4ccccc4)cc3)Sc3ccccc32)c1. The molecule has 0 saturated heterocycles. The van der Waals surface area contributed by atoms with Crippen LogP contribution in [0.25, 0.3) is 6.08 Å². The Morgan fingerprint density at radius 1 is 0.892 bits per heavy atom. The van der Waals surface area contributed by atoms with Gasteiger partial charge in [0.15, 0.2) is 0 Å². The molecule has 0 saturated carbocycles. The Bertz CT molecular complexity index is 1480. The largest absolute Gasteiger partial charge is 0.348 e. The summed E-state index contributed by atoms with van der Waals surface area (Å²) in [6, 6.07) is 31.6. The van der Waals surface area contributed by atoms with E-state index in [1.165, 1.54) is 22.9 Å². The first kappa shape index (κ1) is 24.6. The van der Waals surface area contributed by atoms with Gasteiger partial charge in [-0.3, -0.25) is 9.59 Å². The van der Waals surface area contributed by atoms with E-state index in [0.717, 1.165) is 27.3 Å². The van der Waals surface area contributed by atoms with E-state index in [0.29, 0.717) is 23.6 Å². The zero-order valence-corrected chi connectivity index (χ0v) is 21.7. The highest BCUT2D eigenvalue weighted by Gasteiger charge is 2.29. The first-order valence-corrected chi connectivity index (χ1v) is 13.1. The lowest BCUT2D eigenvalue weighted by atomic mass is 10.0. The summed E-state index contributed by atoms with van der Waals surface area (Å²) in [4.78, 5) is 29.8. The molecule has 0 spiro atoms. The molecule has 0 atom stereocenters. The first-order chi connectivity index (χ1) is 18.0. The van der Waals surface area contributed by atoms with E-state index in [4.69, 9.17) is 0 Å². The lowest BCUT2D eigenvalue weighted by Crippen LogP contribution is -2.34. The van der Waals surface area contributed by atoms with Gasteiger partial charge in [-0.25, -0.2) is 0 Å². The predicted molar refractivity (Wildman–Crippen MR) is 151 cm³/mol. The number of rotatable bonds is 6. The summed E-state index contributed by atoms with van der Waals surface area (Å²) >= 11 is 1.49. The second-order valence-corrected chi connectivity index (χ2v) is 10.3. The lowest BCUT2D eigenvalue weighted by molar-refractivity contribution is -0.114. The lowest BCUT2D eigenvalue weighted by Gasteiger charge is -2.31. The molecule has 184 valence electrons. The number of hydrogen-bond donors (Lipinski definition) is 1. The third-order valence-electron chi connectivity index (χ3n) is 6.43. The van der Waals surface area contributed by atoms with E-state index in [2.05, 4.69) is 43.4 Å². The molecule has 4 aromatic rings. The zero-order chi connectivity index (χ0) is 25.8. The van der Waals surface area contributed by atoms with Crippen LogP contribution in [0.15, 0.2) is 107 Å². The van der Waals surface area contributed by atoms with Gasteiger partial charge in [-0.2, -0.15) is 0 Å². The third kappa shape index (κ3) is 5.68. The summed E-state index contributed by atoms with van der Waals surface area (Å²) in [7, 11) is 0. The number of aryl methyl sites for hydroxylation is 2. The van der Waals surface area contributed by atoms with Gasteiger partial charge in [0.1, 0.15) is 0 Å². The molecule has 4 nitrogen and oxygen atoms in total. The normalized spacial score (nSPS) is 13.9. The molecule has 4 aromatic carbocycles. The highest BCUT2D eigenvalue weighted by Crippen LogP contribution is 2.42. The molecule has 0 bridgehead atoms. The molecule has 0 aromatic heterocycles. The minimum Gasteiger partial charge on any atom is -0.348 e. The van der Waals surface area contributed by atoms with Crippen molar-refractivity contribution in [3.05, 3.63) is 135 Å². The molecule has 0 radical (unpaired) electrons. The van der Waals surface area contributed by atoms with Crippen molar-refractivity contribution in [2.75, 3.05) is 4.90 Å². The van der Waals surface area contributed by atoms with Crippen molar-refractivity contribution in [2.24, 2.45) is 0 Å². The van der Waals surface area contributed by atoms with Gasteiger partial charge in [0.25, 0.3) is 11.8 Å². The Kier molecular flexibility index (Phi) is 7.24. The summed E-state index contributed by atoms with van der Waals surface area (Å²) in [6.07, 6.45) is 1.91. The van der Waals surface area contributed by atoms with Crippen molar-refractivity contribution in [3.8, 4) is 0 Å². The van der Waals surface area contributed by atoms with Crippen molar-refractivity contribution in [2.45, 2.75) is 31.8 Å². The molecule has 0 fully saturated rings. The Balaban J connectivity index is 1.36. The van der Waals surface area contributed by atoms with Gasteiger partial charge >= 0.3 is 0 Å². The van der Waals surface area contributed by atoms with Crippen LogP contribution >= 0.6 is 11.8 Å². The summed E-state index contributed by atoms with van der Waals surface area (Å²) in [5.74, 6) is -0.144. The average Bonchev–Trinajstić information content (AvgIpc) is 2.92. The number of nitrogens with zero attached hydrogens (tertiary/aromatic N) is 1. The molecule has 1 heterocycles. The fourth-order valence-electron chi connectivity index (χ4n) is 4.32. The van der Waals surface area contributed by atoms with E-state index in [-0.39, 0.29) is 11.8 Å². The fraction of sp³-hybridized carbons (Fsp3) is 0.125. The highest BCUT2D eigenvalue weighted by atomic mass is 32.2. The number of carbonyl (C=O) groups excluding carboxylic acids is 2. The molecule has 5 heteroatoms. The molecule has 5 rings (SSSR count). The Labute approximate surface area is 222 Å². The minimum atomic E-state index is -0.125. The van der Waals surface area contributed by atoms with E-state index in [9.17, 15) is 9.59 Å². The second kappa shape index (κ2) is 10.9. The van der Waals surface area contributed by atoms with Gasteiger partial charge in [-0.1, -0.05) is 90.1 Å². The zero-order valence-electron chi connectivity index (χ0n) is 20.9. The summed E-state index contributed by atoms with van der Waals surface area (Å²) in [5, 5.41) is 2.95. The Hall–Kier alpha value is -4.09. The number of nitrogens with one attached hydrogen (secondary N) is 1. The quantitative estimate of drug-likeness (QED) is 0.290. The highest BCUT2D eigenvalue weighted by molar-refractivity contribution is 8.04. The fourth-order valence-corrected chi connectivity index (χ4v) is 5.38. The topological polar surface area (TPSA) is 49.4 Å². The monoisotopic (exact) mass is 504 g/mol. The average molecular weight is 505 g/mol. The van der Waals surface area contributed by atoms with Crippen LogP contribution in [0.2, 0.25) is 0 Å². The van der Waals surface area contributed by atoms with Gasteiger partial charge < -0.3 is 10.2 Å². The summed E-state index contributed by atoms with van der Waals surface area (Å²) < 4.78 is 0. The number of para-hydroxylation sites is 1. The van der Waals surface area contributed by atoms with Crippen LogP contribution < -0.4 is 10.2 Å². The predicted octanol–water partition coefficient (Wildman–Crippen LogP) is 6.91. The van der Waals surface area contributed by atoms with E-state index in [1.54, 1.807) is 12.1 Å². The third-order valence-corrected chi connectivity index (χ3v) is 7.51. The van der Waals surface area contributed by atoms with Crippen LogP contribution in [0.4, 0.5) is 5.69 Å². The molecule has 2 amide bonds. The van der Waals surface area contributed by atoms with Gasteiger partial charge in [0.05, 0.1) is 17.1 Å². The van der Waals surface area contributed by atoms with Crippen molar-refractivity contribution in [1.82, 2.24) is 5.32 Å². The van der Waals surface area contributed by atoms with Crippen LogP contribution in [-0.2, 0) is 17.9 Å². The van der Waals surface area contributed by atoms with Crippen LogP contribution in [0.5, 0.6) is 0 Å². The van der Waals surface area contributed by atoms with Crippen LogP contribution in [0, 0.1) is 13.8 Å². The summed E-state index contributed by atoms with van der Waals surface area (Å²) in [6.45, 7) is 5.15. The van der Waals surface area contributed by atoms with E-state index < -0.39 is 0 Å². The smallest absolute Gasteiger partial charge is 0.265 e. The van der Waals surface area contributed by atoms with Crippen LogP contribution in [0.3, 0.4) is 0 Å². The maximum absolute atomic E-state index is 13.7. The molecule has 0 aliphatic carbocycles. The number of benzene rings is 4. The number of carbonyl (C=O) groups is 2. The van der Waals surface area contributed by atoms with Crippen molar-refractivity contribution >= 4 is 35.3 Å². The molecule has 1 aliphatic heterocycles. The number of anilines is 1. The molecular weight excluding hydrogens is 476 g/mol. The van der Waals surface area contributed by atoms with Crippen molar-refractivity contribution in [1.29, 1.82) is 0 Å². The summed E-state index contributed by atoms with van der Waals surface area (Å²) in [5.41, 5.74) is 6.93. The number of amides is 2. The number of hydrogen-bond acceptors (Lipinski definition) is 3. The molecular formula is C32H28N2O2S. The molecule has 1 N–H and O–H groups in total. The standard InChI is InChI=1S/C32H28N2O2S/c1-22-12-13-23(2)27(18-22)21-34-28-10-6-7-11-29(28)37-30(32(34)36)19-24-14-16-26(17-15-24)31(35)33-20-25-8-4-3-5-9-25/h3-19H,20-21H2,1-2H3,(H,33,35)/b30-19-. The second-order valence-electron chi connectivity index (χ2n) is 9.19. The minimum absolute atomic E-state index is 0.0192. The van der Waals surface area contributed by atoms with Crippen LogP contribution in [0.1, 0.15) is 38.2 Å². The van der Waals surface area contributed by atoms with E-state index in [1.807, 2.05) is 71.6 Å². The van der Waals surface area contributed by atoms with Gasteiger partial charge in [-0.15, -0.1) is 0 Å². The molecule has 0 unspecified atom stereocenters. The van der Waals surface area contributed by atoms with Crippen molar-refractivity contribution in [3.63, 3.8) is 0 Å². The Morgan fingerprint density at radius 2 is 1.62 bits per heavy atom. The van der Waals surface area contributed by atoms with Crippen molar-refractivity contribution < 1.29 is 9.59 Å². The van der Waals surface area contributed by atoms with E-state index >= 15 is 0 Å².